The molecule has 3 aromatic rings. The van der Waals surface area contributed by atoms with Crippen LogP contribution in [0.15, 0.2) is 47.2 Å². The van der Waals surface area contributed by atoms with Crippen molar-refractivity contribution in [1.29, 1.82) is 0 Å². The number of carbonyl (C=O) groups is 2. The van der Waals surface area contributed by atoms with Crippen molar-refractivity contribution in [2.24, 2.45) is 0 Å². The second-order valence-electron chi connectivity index (χ2n) is 7.11. The van der Waals surface area contributed by atoms with Gasteiger partial charge < -0.3 is 10.2 Å². The summed E-state index contributed by atoms with van der Waals surface area (Å²) in [5, 5.41) is 13.5. The summed E-state index contributed by atoms with van der Waals surface area (Å²) in [6.07, 6.45) is 2.07. The fourth-order valence-corrected chi connectivity index (χ4v) is 4.20. The molecule has 6 nitrogen and oxygen atoms in total. The number of aromatic nitrogens is 2. The Kier molecular flexibility index (Phi) is 5.71. The number of likely N-dealkylation sites (tertiary alicyclic amines) is 1. The molecule has 29 heavy (non-hydrogen) atoms. The predicted octanol–water partition coefficient (Wildman–Crippen LogP) is 3.81. The Morgan fingerprint density at radius 3 is 2.76 bits per heavy atom. The van der Waals surface area contributed by atoms with Crippen LogP contribution in [-0.4, -0.2) is 40.0 Å². The largest absolute Gasteiger partial charge is 0.342 e. The third-order valence-corrected chi connectivity index (χ3v) is 5.91. The van der Waals surface area contributed by atoms with Crippen molar-refractivity contribution in [3.63, 3.8) is 0 Å². The van der Waals surface area contributed by atoms with E-state index in [2.05, 4.69) is 15.5 Å². The highest BCUT2D eigenvalue weighted by molar-refractivity contribution is 7.08. The quantitative estimate of drug-likeness (QED) is 0.669. The second kappa shape index (κ2) is 8.57. The lowest BCUT2D eigenvalue weighted by molar-refractivity contribution is -0.131. The fraction of sp³-hybridized carbons (Fsp3) is 0.286. The standard InChI is InChI=1S/C21H21FN4O2S/c22-16-3-1-2-4-17(16)23-21(28)19-12-18(24-25-19)15-5-8-26(9-6-15)20(27)11-14-7-10-29-13-14/h1-4,7,10,12-13,15H,5-6,8-9,11H2,(H,23,28)(H,24,25). The molecule has 0 radical (unpaired) electrons. The van der Waals surface area contributed by atoms with Gasteiger partial charge in [0.15, 0.2) is 5.69 Å². The molecule has 0 saturated carbocycles. The maximum Gasteiger partial charge on any atom is 0.276 e. The van der Waals surface area contributed by atoms with Gasteiger partial charge in [-0.3, -0.25) is 14.7 Å². The van der Waals surface area contributed by atoms with Crippen LogP contribution in [0, 0.1) is 5.82 Å². The van der Waals surface area contributed by atoms with Crippen LogP contribution in [0.1, 0.15) is 40.5 Å². The van der Waals surface area contributed by atoms with Gasteiger partial charge in [-0.25, -0.2) is 4.39 Å². The first kappa shape index (κ1) is 19.3. The van der Waals surface area contributed by atoms with Gasteiger partial charge in [-0.2, -0.15) is 16.4 Å². The molecule has 1 aliphatic heterocycles. The molecule has 1 aliphatic rings. The van der Waals surface area contributed by atoms with Crippen LogP contribution in [0.5, 0.6) is 0 Å². The Bertz CT molecular complexity index is 994. The topological polar surface area (TPSA) is 78.1 Å². The number of halogens is 1. The summed E-state index contributed by atoms with van der Waals surface area (Å²) in [7, 11) is 0. The first-order valence-corrected chi connectivity index (χ1v) is 10.4. The number of aromatic amines is 1. The number of piperidine rings is 1. The van der Waals surface area contributed by atoms with Gasteiger partial charge in [0.1, 0.15) is 5.82 Å². The van der Waals surface area contributed by atoms with Gasteiger partial charge in [0.05, 0.1) is 12.1 Å². The number of hydrogen-bond acceptors (Lipinski definition) is 4. The van der Waals surface area contributed by atoms with Crippen molar-refractivity contribution in [1.82, 2.24) is 15.1 Å². The summed E-state index contributed by atoms with van der Waals surface area (Å²) in [6.45, 7) is 1.37. The molecule has 2 N–H and O–H groups in total. The van der Waals surface area contributed by atoms with E-state index in [1.54, 1.807) is 29.5 Å². The number of rotatable bonds is 5. The molecule has 2 aromatic heterocycles. The van der Waals surface area contributed by atoms with E-state index in [-0.39, 0.29) is 23.2 Å². The monoisotopic (exact) mass is 412 g/mol. The maximum atomic E-state index is 13.7. The van der Waals surface area contributed by atoms with E-state index in [0.717, 1.165) is 24.1 Å². The highest BCUT2D eigenvalue weighted by Crippen LogP contribution is 2.27. The number of anilines is 1. The summed E-state index contributed by atoms with van der Waals surface area (Å²) < 4.78 is 13.7. The molecule has 1 saturated heterocycles. The van der Waals surface area contributed by atoms with Gasteiger partial charge in [-0.1, -0.05) is 12.1 Å². The minimum absolute atomic E-state index is 0.125. The lowest BCUT2D eigenvalue weighted by atomic mass is 9.93. The normalized spacial score (nSPS) is 14.7. The number of carbonyl (C=O) groups excluding carboxylic acids is 2. The third-order valence-electron chi connectivity index (χ3n) is 5.18. The molecule has 1 fully saturated rings. The Morgan fingerprint density at radius 2 is 2.03 bits per heavy atom. The van der Waals surface area contributed by atoms with E-state index < -0.39 is 11.7 Å². The number of nitrogens with zero attached hydrogens (tertiary/aromatic N) is 2. The van der Waals surface area contributed by atoms with Crippen LogP contribution in [0.4, 0.5) is 10.1 Å². The van der Waals surface area contributed by atoms with Crippen molar-refractivity contribution in [2.45, 2.75) is 25.2 Å². The summed E-state index contributed by atoms with van der Waals surface area (Å²) in [5.74, 6) is -0.587. The SMILES string of the molecule is O=C(Nc1ccccc1F)c1cc(C2CCN(C(=O)Cc3ccsc3)CC2)[nH]n1. The highest BCUT2D eigenvalue weighted by Gasteiger charge is 2.26. The first-order valence-electron chi connectivity index (χ1n) is 9.50. The smallest absolute Gasteiger partial charge is 0.276 e. The van der Waals surface area contributed by atoms with Gasteiger partial charge in [0.25, 0.3) is 5.91 Å². The molecule has 0 aliphatic carbocycles. The molecule has 4 rings (SSSR count). The zero-order chi connectivity index (χ0) is 20.2. The number of hydrogen-bond donors (Lipinski definition) is 2. The number of nitrogens with one attached hydrogen (secondary N) is 2. The van der Waals surface area contributed by atoms with E-state index in [1.807, 2.05) is 21.7 Å². The summed E-state index contributed by atoms with van der Waals surface area (Å²) in [4.78, 5) is 26.7. The third kappa shape index (κ3) is 4.54. The first-order chi connectivity index (χ1) is 14.1. The Morgan fingerprint density at radius 1 is 1.24 bits per heavy atom. The van der Waals surface area contributed by atoms with Crippen molar-refractivity contribution in [2.75, 3.05) is 18.4 Å². The second-order valence-corrected chi connectivity index (χ2v) is 7.89. The van der Waals surface area contributed by atoms with E-state index in [9.17, 15) is 14.0 Å². The molecular weight excluding hydrogens is 391 g/mol. The molecule has 150 valence electrons. The van der Waals surface area contributed by atoms with Gasteiger partial charge >= 0.3 is 0 Å². The molecule has 8 heteroatoms. The molecule has 0 atom stereocenters. The minimum atomic E-state index is -0.490. The number of thiophene rings is 1. The van der Waals surface area contributed by atoms with Crippen LogP contribution in [0.25, 0.3) is 0 Å². The zero-order valence-electron chi connectivity index (χ0n) is 15.7. The lowest BCUT2D eigenvalue weighted by Gasteiger charge is -2.31. The molecular formula is C21H21FN4O2S. The lowest BCUT2D eigenvalue weighted by Crippen LogP contribution is -2.38. The summed E-state index contributed by atoms with van der Waals surface area (Å²) in [5.41, 5.74) is 2.27. The van der Waals surface area contributed by atoms with Crippen LogP contribution in [0.3, 0.4) is 0 Å². The van der Waals surface area contributed by atoms with E-state index in [1.165, 1.54) is 12.1 Å². The fourth-order valence-electron chi connectivity index (χ4n) is 3.53. The van der Waals surface area contributed by atoms with Gasteiger partial charge in [-0.05, 0) is 53.4 Å². The Balaban J connectivity index is 1.33. The number of benzene rings is 1. The van der Waals surface area contributed by atoms with Crippen molar-refractivity contribution in [3.05, 3.63) is 69.9 Å². The van der Waals surface area contributed by atoms with Gasteiger partial charge in [0.2, 0.25) is 5.91 Å². The average molecular weight is 412 g/mol. The number of H-pyrrole nitrogens is 1. The van der Waals surface area contributed by atoms with Crippen LogP contribution < -0.4 is 5.32 Å². The molecule has 2 amide bonds. The molecule has 1 aromatic carbocycles. The van der Waals surface area contributed by atoms with Gasteiger partial charge in [0, 0.05) is 24.7 Å². The van der Waals surface area contributed by atoms with Crippen LogP contribution in [-0.2, 0) is 11.2 Å². The average Bonchev–Trinajstić information content (AvgIpc) is 3.42. The summed E-state index contributed by atoms with van der Waals surface area (Å²) >= 11 is 1.60. The number of para-hydroxylation sites is 1. The minimum Gasteiger partial charge on any atom is -0.342 e. The van der Waals surface area contributed by atoms with E-state index in [0.29, 0.717) is 19.5 Å². The Labute approximate surface area is 171 Å². The molecule has 0 bridgehead atoms. The van der Waals surface area contributed by atoms with Crippen LogP contribution in [0.2, 0.25) is 0 Å². The van der Waals surface area contributed by atoms with Crippen molar-refractivity contribution in [3.8, 4) is 0 Å². The number of amides is 2. The molecule has 0 spiro atoms. The zero-order valence-corrected chi connectivity index (χ0v) is 16.5. The maximum absolute atomic E-state index is 13.7. The van der Waals surface area contributed by atoms with E-state index >= 15 is 0 Å². The predicted molar refractivity (Wildman–Crippen MR) is 110 cm³/mol. The van der Waals surface area contributed by atoms with Crippen molar-refractivity contribution >= 4 is 28.8 Å². The molecule has 0 unspecified atom stereocenters. The van der Waals surface area contributed by atoms with Crippen LogP contribution >= 0.6 is 11.3 Å². The van der Waals surface area contributed by atoms with Gasteiger partial charge in [-0.15, -0.1) is 0 Å². The van der Waals surface area contributed by atoms with E-state index in [4.69, 9.17) is 0 Å². The van der Waals surface area contributed by atoms with Crippen molar-refractivity contribution < 1.29 is 14.0 Å². The summed E-state index contributed by atoms with van der Waals surface area (Å²) in [6, 6.07) is 9.71. The molecule has 3 heterocycles. The Hall–Kier alpha value is -3.00. The highest BCUT2D eigenvalue weighted by atomic mass is 32.1.